The highest BCUT2D eigenvalue weighted by atomic mass is 16.1. The van der Waals surface area contributed by atoms with Crippen LogP contribution in [0.3, 0.4) is 0 Å². The zero-order valence-electron chi connectivity index (χ0n) is 20.0. The number of carbonyl (C=O) groups is 2. The SMILES string of the molecule is CN(C=O)C(N)=N[C@H](CCC1CCCCC1)C[C@H]1CCC[C@@H](NC(=O)c2cccc(N)c2)C1. The van der Waals surface area contributed by atoms with Gasteiger partial charge in [-0.25, -0.2) is 4.99 Å². The molecule has 0 saturated heterocycles. The molecular formula is C26H41N5O2. The molecule has 0 bridgehead atoms. The van der Waals surface area contributed by atoms with Crippen molar-refractivity contribution in [2.75, 3.05) is 12.8 Å². The molecule has 0 unspecified atom stereocenters. The van der Waals surface area contributed by atoms with Crippen LogP contribution in [0.4, 0.5) is 5.69 Å². The van der Waals surface area contributed by atoms with Gasteiger partial charge in [-0.15, -0.1) is 0 Å². The van der Waals surface area contributed by atoms with E-state index in [0.717, 1.165) is 44.4 Å². The third-order valence-electron chi connectivity index (χ3n) is 7.34. The van der Waals surface area contributed by atoms with E-state index in [1.165, 1.54) is 43.4 Å². The molecule has 1 aromatic rings. The number of carbonyl (C=O) groups excluding carboxylic acids is 2. The fraction of sp³-hybridized carbons (Fsp3) is 0.654. The number of nitrogens with two attached hydrogens (primary N) is 2. The summed E-state index contributed by atoms with van der Waals surface area (Å²) >= 11 is 0. The Hall–Kier alpha value is -2.57. The summed E-state index contributed by atoms with van der Waals surface area (Å²) in [5.41, 5.74) is 13.1. The van der Waals surface area contributed by atoms with Gasteiger partial charge < -0.3 is 16.8 Å². The molecule has 2 fully saturated rings. The maximum Gasteiger partial charge on any atom is 0.251 e. The summed E-state index contributed by atoms with van der Waals surface area (Å²) in [6.45, 7) is 0. The van der Waals surface area contributed by atoms with Crippen molar-refractivity contribution in [2.24, 2.45) is 22.6 Å². The second-order valence-corrected chi connectivity index (χ2v) is 10.0. The highest BCUT2D eigenvalue weighted by Crippen LogP contribution is 2.32. The van der Waals surface area contributed by atoms with Crippen LogP contribution in [0.25, 0.3) is 0 Å². The van der Waals surface area contributed by atoms with Gasteiger partial charge in [-0.2, -0.15) is 0 Å². The molecule has 1 aromatic carbocycles. The third-order valence-corrected chi connectivity index (χ3v) is 7.34. The number of nitrogens with zero attached hydrogens (tertiary/aromatic N) is 2. The zero-order chi connectivity index (χ0) is 23.6. The van der Waals surface area contributed by atoms with E-state index in [4.69, 9.17) is 16.5 Å². The Morgan fingerprint density at radius 1 is 1.18 bits per heavy atom. The molecule has 3 rings (SSSR count). The van der Waals surface area contributed by atoms with E-state index in [2.05, 4.69) is 5.32 Å². The average molecular weight is 456 g/mol. The first kappa shape index (κ1) is 25.1. The lowest BCUT2D eigenvalue weighted by atomic mass is 9.80. The summed E-state index contributed by atoms with van der Waals surface area (Å²) in [4.78, 5) is 29.9. The second-order valence-electron chi connectivity index (χ2n) is 10.0. The summed E-state index contributed by atoms with van der Waals surface area (Å²) in [5.74, 6) is 1.51. The Morgan fingerprint density at radius 2 is 1.94 bits per heavy atom. The topological polar surface area (TPSA) is 114 Å². The van der Waals surface area contributed by atoms with E-state index in [0.29, 0.717) is 29.5 Å². The molecular weight excluding hydrogens is 414 g/mol. The number of amides is 2. The van der Waals surface area contributed by atoms with Gasteiger partial charge in [0.25, 0.3) is 5.91 Å². The first-order chi connectivity index (χ1) is 15.9. The Kier molecular flexibility index (Phi) is 9.58. The first-order valence-corrected chi connectivity index (χ1v) is 12.6. The molecule has 0 heterocycles. The van der Waals surface area contributed by atoms with Crippen LogP contribution in [0.2, 0.25) is 0 Å². The number of rotatable bonds is 9. The Labute approximate surface area is 198 Å². The molecule has 0 radical (unpaired) electrons. The maximum absolute atomic E-state index is 12.7. The molecule has 3 atom stereocenters. The predicted molar refractivity (Wildman–Crippen MR) is 134 cm³/mol. The second kappa shape index (κ2) is 12.6. The number of anilines is 1. The van der Waals surface area contributed by atoms with Gasteiger partial charge in [-0.05, 0) is 62.1 Å². The van der Waals surface area contributed by atoms with E-state index < -0.39 is 0 Å². The molecule has 5 N–H and O–H groups in total. The number of guanidine groups is 1. The average Bonchev–Trinajstić information content (AvgIpc) is 2.82. The molecule has 2 aliphatic carbocycles. The van der Waals surface area contributed by atoms with Crippen LogP contribution >= 0.6 is 0 Å². The number of nitrogens with one attached hydrogen (secondary N) is 1. The number of aliphatic imine (C=N–C) groups is 1. The van der Waals surface area contributed by atoms with Gasteiger partial charge in [0.1, 0.15) is 0 Å². The lowest BCUT2D eigenvalue weighted by Crippen LogP contribution is -2.39. The van der Waals surface area contributed by atoms with Crippen molar-refractivity contribution >= 4 is 24.0 Å². The van der Waals surface area contributed by atoms with E-state index in [9.17, 15) is 9.59 Å². The maximum atomic E-state index is 12.7. The van der Waals surface area contributed by atoms with Crippen molar-refractivity contribution in [3.63, 3.8) is 0 Å². The third kappa shape index (κ3) is 8.06. The van der Waals surface area contributed by atoms with Crippen molar-refractivity contribution < 1.29 is 9.59 Å². The minimum atomic E-state index is -0.0586. The predicted octanol–water partition coefficient (Wildman–Crippen LogP) is 4.08. The summed E-state index contributed by atoms with van der Waals surface area (Å²) in [7, 11) is 1.65. The molecule has 33 heavy (non-hydrogen) atoms. The largest absolute Gasteiger partial charge is 0.399 e. The van der Waals surface area contributed by atoms with Crippen molar-refractivity contribution in [2.45, 2.75) is 89.1 Å². The molecule has 2 amide bonds. The molecule has 0 aliphatic heterocycles. The van der Waals surface area contributed by atoms with E-state index >= 15 is 0 Å². The van der Waals surface area contributed by atoms with E-state index in [1.807, 2.05) is 6.07 Å². The lowest BCUT2D eigenvalue weighted by Gasteiger charge is -2.32. The van der Waals surface area contributed by atoms with Crippen LogP contribution in [0.15, 0.2) is 29.3 Å². The first-order valence-electron chi connectivity index (χ1n) is 12.6. The van der Waals surface area contributed by atoms with Crippen molar-refractivity contribution in [3.8, 4) is 0 Å². The molecule has 7 heteroatoms. The van der Waals surface area contributed by atoms with Gasteiger partial charge in [-0.1, -0.05) is 51.0 Å². The number of hydrogen-bond donors (Lipinski definition) is 3. The van der Waals surface area contributed by atoms with Gasteiger partial charge in [0.15, 0.2) is 5.96 Å². The van der Waals surface area contributed by atoms with E-state index in [1.54, 1.807) is 25.2 Å². The van der Waals surface area contributed by atoms with Crippen LogP contribution in [0.5, 0.6) is 0 Å². The summed E-state index contributed by atoms with van der Waals surface area (Å²) < 4.78 is 0. The minimum absolute atomic E-state index is 0.0586. The lowest BCUT2D eigenvalue weighted by molar-refractivity contribution is -0.114. The molecule has 2 aliphatic rings. The van der Waals surface area contributed by atoms with Gasteiger partial charge in [0.2, 0.25) is 6.41 Å². The highest BCUT2D eigenvalue weighted by molar-refractivity contribution is 5.95. The Bertz CT molecular complexity index is 806. The quantitative estimate of drug-likeness (QED) is 0.225. The van der Waals surface area contributed by atoms with Crippen molar-refractivity contribution in [1.82, 2.24) is 10.2 Å². The highest BCUT2D eigenvalue weighted by Gasteiger charge is 2.27. The monoisotopic (exact) mass is 455 g/mol. The zero-order valence-corrected chi connectivity index (χ0v) is 20.0. The number of nitrogen functional groups attached to an aromatic ring is 1. The standard InChI is InChI=1S/C26H41N5O2/c1-31(18-32)26(28)30-24(14-13-19-7-3-2-4-8-19)16-20-9-5-12-23(15-20)29-25(33)21-10-6-11-22(27)17-21/h6,10-11,17-20,23-24H,2-5,7-9,12-16,27H2,1H3,(H2,28,30)(H,29,33)/t20-,23+,24+/m0/s1. The molecule has 7 nitrogen and oxygen atoms in total. The molecule has 182 valence electrons. The van der Waals surface area contributed by atoms with Gasteiger partial charge >= 0.3 is 0 Å². The summed E-state index contributed by atoms with van der Waals surface area (Å²) in [5, 5.41) is 3.21. The fourth-order valence-electron chi connectivity index (χ4n) is 5.44. The van der Waals surface area contributed by atoms with Crippen molar-refractivity contribution in [1.29, 1.82) is 0 Å². The van der Waals surface area contributed by atoms with Gasteiger partial charge in [0, 0.05) is 24.3 Å². The van der Waals surface area contributed by atoms with Crippen LogP contribution in [0.1, 0.15) is 87.4 Å². The Balaban J connectivity index is 1.58. The van der Waals surface area contributed by atoms with Gasteiger partial charge in [-0.3, -0.25) is 14.5 Å². The van der Waals surface area contributed by atoms with Crippen LogP contribution in [-0.4, -0.2) is 42.3 Å². The minimum Gasteiger partial charge on any atom is -0.399 e. The van der Waals surface area contributed by atoms with Crippen molar-refractivity contribution in [3.05, 3.63) is 29.8 Å². The normalized spacial score (nSPS) is 23.0. The number of benzene rings is 1. The smallest absolute Gasteiger partial charge is 0.251 e. The molecule has 0 aromatic heterocycles. The van der Waals surface area contributed by atoms with Crippen LogP contribution in [-0.2, 0) is 4.79 Å². The summed E-state index contributed by atoms with van der Waals surface area (Å²) in [6, 6.07) is 7.39. The van der Waals surface area contributed by atoms with Gasteiger partial charge in [0.05, 0.1) is 6.04 Å². The van der Waals surface area contributed by atoms with Crippen LogP contribution in [0, 0.1) is 11.8 Å². The summed E-state index contributed by atoms with van der Waals surface area (Å²) in [6.07, 6.45) is 14.7. The van der Waals surface area contributed by atoms with Crippen LogP contribution < -0.4 is 16.8 Å². The number of hydrogen-bond acceptors (Lipinski definition) is 4. The van der Waals surface area contributed by atoms with E-state index in [-0.39, 0.29) is 18.0 Å². The molecule has 2 saturated carbocycles. The fourth-order valence-corrected chi connectivity index (χ4v) is 5.44. The molecule has 0 spiro atoms. The Morgan fingerprint density at radius 3 is 2.67 bits per heavy atom.